The first kappa shape index (κ1) is 18.1. The zero-order valence-corrected chi connectivity index (χ0v) is 15.5. The predicted octanol–water partition coefficient (Wildman–Crippen LogP) is 1.48. The molecule has 7 heteroatoms. The second-order valence-electron chi connectivity index (χ2n) is 6.52. The fourth-order valence-corrected chi connectivity index (χ4v) is 2.83. The second kappa shape index (κ2) is 8.14. The number of methoxy groups -OCH3 is 1. The maximum atomic E-state index is 12.5. The molecular weight excluding hydrogens is 330 g/mol. The number of benzene rings is 1. The molecule has 1 aliphatic rings. The first-order valence-corrected chi connectivity index (χ1v) is 8.75. The first-order valence-electron chi connectivity index (χ1n) is 8.75. The summed E-state index contributed by atoms with van der Waals surface area (Å²) < 4.78 is 5.14. The molecule has 2 heterocycles. The number of likely N-dealkylation sites (N-methyl/N-ethyl adjacent to an activating group) is 1. The Morgan fingerprint density at radius 1 is 1.15 bits per heavy atom. The topological polar surface area (TPSA) is 70.6 Å². The predicted molar refractivity (Wildman–Crippen MR) is 101 cm³/mol. The van der Waals surface area contributed by atoms with Crippen LogP contribution in [0.1, 0.15) is 21.7 Å². The van der Waals surface area contributed by atoms with E-state index in [-0.39, 0.29) is 5.91 Å². The van der Waals surface area contributed by atoms with Gasteiger partial charge < -0.3 is 19.9 Å². The highest BCUT2D eigenvalue weighted by atomic mass is 16.5. The largest absolute Gasteiger partial charge is 0.497 e. The smallest absolute Gasteiger partial charge is 0.270 e. The summed E-state index contributed by atoms with van der Waals surface area (Å²) in [4.78, 5) is 25.9. The highest BCUT2D eigenvalue weighted by Gasteiger charge is 2.19. The number of aromatic nitrogens is 2. The molecule has 138 valence electrons. The van der Waals surface area contributed by atoms with Gasteiger partial charge in [-0.3, -0.25) is 4.79 Å². The number of hydrogen-bond acceptors (Lipinski definition) is 6. The van der Waals surface area contributed by atoms with Crippen molar-refractivity contribution in [2.24, 2.45) is 0 Å². The highest BCUT2D eigenvalue weighted by molar-refractivity contribution is 5.92. The minimum absolute atomic E-state index is 0.193. The van der Waals surface area contributed by atoms with Crippen LogP contribution in [0.15, 0.2) is 30.3 Å². The van der Waals surface area contributed by atoms with Crippen molar-refractivity contribution in [2.75, 3.05) is 45.2 Å². The van der Waals surface area contributed by atoms with Crippen molar-refractivity contribution in [1.82, 2.24) is 20.2 Å². The molecule has 1 aromatic heterocycles. The monoisotopic (exact) mass is 355 g/mol. The molecular formula is C19H25N5O2. The van der Waals surface area contributed by atoms with E-state index in [1.54, 1.807) is 13.2 Å². The van der Waals surface area contributed by atoms with Crippen LogP contribution >= 0.6 is 0 Å². The number of aryl methyl sites for hydroxylation is 1. The molecule has 0 aliphatic carbocycles. The quantitative estimate of drug-likeness (QED) is 0.876. The van der Waals surface area contributed by atoms with Crippen molar-refractivity contribution >= 4 is 11.9 Å². The molecule has 0 radical (unpaired) electrons. The first-order chi connectivity index (χ1) is 12.5. The Morgan fingerprint density at radius 2 is 1.85 bits per heavy atom. The Kier molecular flexibility index (Phi) is 5.68. The van der Waals surface area contributed by atoms with Crippen molar-refractivity contribution in [3.05, 3.63) is 47.3 Å². The number of rotatable bonds is 5. The minimum atomic E-state index is -0.193. The van der Waals surface area contributed by atoms with E-state index in [9.17, 15) is 4.79 Å². The number of carbonyl (C=O) groups is 1. The van der Waals surface area contributed by atoms with Gasteiger partial charge >= 0.3 is 0 Å². The molecule has 0 saturated carbocycles. The molecule has 1 amide bonds. The number of carbonyl (C=O) groups excluding carboxylic acids is 1. The molecule has 1 saturated heterocycles. The van der Waals surface area contributed by atoms with Gasteiger partial charge in [0.05, 0.1) is 7.11 Å². The molecule has 1 fully saturated rings. The lowest BCUT2D eigenvalue weighted by Crippen LogP contribution is -2.45. The van der Waals surface area contributed by atoms with E-state index in [1.807, 2.05) is 31.2 Å². The van der Waals surface area contributed by atoms with Crippen LogP contribution in [-0.2, 0) is 6.54 Å². The normalized spacial score (nSPS) is 15.0. The molecule has 7 nitrogen and oxygen atoms in total. The average Bonchev–Trinajstić information content (AvgIpc) is 2.66. The van der Waals surface area contributed by atoms with Crippen LogP contribution in [0.3, 0.4) is 0 Å². The Morgan fingerprint density at radius 3 is 2.50 bits per heavy atom. The summed E-state index contributed by atoms with van der Waals surface area (Å²) in [5.74, 6) is 1.23. The van der Waals surface area contributed by atoms with E-state index in [0.29, 0.717) is 18.2 Å². The van der Waals surface area contributed by atoms with E-state index in [1.165, 1.54) is 0 Å². The van der Waals surface area contributed by atoms with Gasteiger partial charge in [-0.1, -0.05) is 12.1 Å². The molecule has 3 rings (SSSR count). The third-order valence-corrected chi connectivity index (χ3v) is 4.47. The zero-order chi connectivity index (χ0) is 18.5. The SMILES string of the molecule is COc1ccc(CNC(=O)c2cc(C)nc(N3CCN(C)CC3)n2)cc1. The summed E-state index contributed by atoms with van der Waals surface area (Å²) >= 11 is 0. The van der Waals surface area contributed by atoms with Gasteiger partial charge in [0.2, 0.25) is 5.95 Å². The Bertz CT molecular complexity index is 755. The summed E-state index contributed by atoms with van der Waals surface area (Å²) in [5, 5.41) is 2.92. The Labute approximate surface area is 154 Å². The molecule has 0 unspecified atom stereocenters. The lowest BCUT2D eigenvalue weighted by molar-refractivity contribution is 0.0945. The Hall–Kier alpha value is -2.67. The molecule has 1 aromatic carbocycles. The third-order valence-electron chi connectivity index (χ3n) is 4.47. The standard InChI is InChI=1S/C19H25N5O2/c1-14-12-17(22-19(21-14)24-10-8-23(2)9-11-24)18(25)20-13-15-4-6-16(26-3)7-5-15/h4-7,12H,8-11,13H2,1-3H3,(H,20,25). The summed E-state index contributed by atoms with van der Waals surface area (Å²) in [7, 11) is 3.73. The van der Waals surface area contributed by atoms with E-state index in [0.717, 1.165) is 43.2 Å². The molecule has 1 N–H and O–H groups in total. The third kappa shape index (κ3) is 4.49. The Balaban J connectivity index is 1.66. The van der Waals surface area contributed by atoms with Crippen LogP contribution in [0.25, 0.3) is 0 Å². The average molecular weight is 355 g/mol. The van der Waals surface area contributed by atoms with E-state index in [2.05, 4.69) is 32.1 Å². The van der Waals surface area contributed by atoms with Crippen LogP contribution < -0.4 is 15.0 Å². The lowest BCUT2D eigenvalue weighted by atomic mass is 10.2. The maximum Gasteiger partial charge on any atom is 0.270 e. The second-order valence-corrected chi connectivity index (χ2v) is 6.52. The van der Waals surface area contributed by atoms with Gasteiger partial charge in [-0.05, 0) is 37.7 Å². The maximum absolute atomic E-state index is 12.5. The van der Waals surface area contributed by atoms with Gasteiger partial charge in [0.1, 0.15) is 11.4 Å². The van der Waals surface area contributed by atoms with Crippen molar-refractivity contribution in [3.63, 3.8) is 0 Å². The summed E-state index contributed by atoms with van der Waals surface area (Å²) in [6.45, 7) is 6.00. The zero-order valence-electron chi connectivity index (χ0n) is 15.5. The number of piperazine rings is 1. The lowest BCUT2D eigenvalue weighted by Gasteiger charge is -2.32. The van der Waals surface area contributed by atoms with Crippen LogP contribution in [0.2, 0.25) is 0 Å². The number of anilines is 1. The van der Waals surface area contributed by atoms with Crippen LogP contribution in [-0.4, -0.2) is 61.1 Å². The van der Waals surface area contributed by atoms with Crippen molar-refractivity contribution in [1.29, 1.82) is 0 Å². The fourth-order valence-electron chi connectivity index (χ4n) is 2.83. The number of nitrogens with zero attached hydrogens (tertiary/aromatic N) is 4. The van der Waals surface area contributed by atoms with Gasteiger partial charge in [-0.25, -0.2) is 9.97 Å². The molecule has 0 atom stereocenters. The summed E-state index contributed by atoms with van der Waals surface area (Å²) in [5.41, 5.74) is 2.20. The van der Waals surface area contributed by atoms with Crippen LogP contribution in [0, 0.1) is 6.92 Å². The fraction of sp³-hybridized carbons (Fsp3) is 0.421. The van der Waals surface area contributed by atoms with Gasteiger partial charge in [-0.2, -0.15) is 0 Å². The molecule has 1 aliphatic heterocycles. The molecule has 2 aromatic rings. The molecule has 26 heavy (non-hydrogen) atoms. The van der Waals surface area contributed by atoms with Crippen molar-refractivity contribution in [3.8, 4) is 5.75 Å². The van der Waals surface area contributed by atoms with Crippen LogP contribution in [0.5, 0.6) is 5.75 Å². The number of amides is 1. The number of ether oxygens (including phenoxy) is 1. The molecule has 0 bridgehead atoms. The van der Waals surface area contributed by atoms with Crippen LogP contribution in [0.4, 0.5) is 5.95 Å². The van der Waals surface area contributed by atoms with Gasteiger partial charge in [0.25, 0.3) is 5.91 Å². The number of hydrogen-bond donors (Lipinski definition) is 1. The highest BCUT2D eigenvalue weighted by Crippen LogP contribution is 2.14. The van der Waals surface area contributed by atoms with E-state index < -0.39 is 0 Å². The van der Waals surface area contributed by atoms with Crippen molar-refractivity contribution in [2.45, 2.75) is 13.5 Å². The van der Waals surface area contributed by atoms with Crippen molar-refractivity contribution < 1.29 is 9.53 Å². The van der Waals surface area contributed by atoms with Gasteiger partial charge in [0, 0.05) is 38.4 Å². The van der Waals surface area contributed by atoms with Gasteiger partial charge in [-0.15, -0.1) is 0 Å². The molecule has 0 spiro atoms. The van der Waals surface area contributed by atoms with E-state index in [4.69, 9.17) is 4.74 Å². The summed E-state index contributed by atoms with van der Waals surface area (Å²) in [6, 6.07) is 9.34. The number of nitrogens with one attached hydrogen (secondary N) is 1. The van der Waals surface area contributed by atoms with Gasteiger partial charge in [0.15, 0.2) is 0 Å². The van der Waals surface area contributed by atoms with E-state index >= 15 is 0 Å². The minimum Gasteiger partial charge on any atom is -0.497 e. The summed E-state index contributed by atoms with van der Waals surface area (Å²) in [6.07, 6.45) is 0.